The molecule has 0 saturated heterocycles. The van der Waals surface area contributed by atoms with Gasteiger partial charge in [-0.15, -0.1) is 0 Å². The summed E-state index contributed by atoms with van der Waals surface area (Å²) in [7, 11) is 4.16. The Morgan fingerprint density at radius 1 is 1.26 bits per heavy atom. The molecule has 0 unspecified atom stereocenters. The third kappa shape index (κ3) is 4.19. The Kier molecular flexibility index (Phi) is 5.12. The van der Waals surface area contributed by atoms with Crippen LogP contribution in [0.15, 0.2) is 42.7 Å². The van der Waals surface area contributed by atoms with E-state index in [-0.39, 0.29) is 0 Å². The molecule has 1 aromatic heterocycles. The summed E-state index contributed by atoms with van der Waals surface area (Å²) in [6.45, 7) is 3.17. The van der Waals surface area contributed by atoms with Gasteiger partial charge < -0.3 is 10.2 Å². The number of benzene rings is 1. The first-order valence-corrected chi connectivity index (χ1v) is 6.71. The van der Waals surface area contributed by atoms with Gasteiger partial charge in [-0.05, 0) is 57.4 Å². The quantitative estimate of drug-likeness (QED) is 0.770. The molecule has 4 heteroatoms. The Morgan fingerprint density at radius 2 is 2.05 bits per heavy atom. The Bertz CT molecular complexity index is 461. The van der Waals surface area contributed by atoms with E-state index in [9.17, 15) is 0 Å². The van der Waals surface area contributed by atoms with Crippen molar-refractivity contribution in [2.75, 3.05) is 27.2 Å². The average Bonchev–Trinajstić information content (AvgIpc) is 2.94. The van der Waals surface area contributed by atoms with Crippen LogP contribution < -0.4 is 5.32 Å². The molecule has 1 heterocycles. The molecule has 19 heavy (non-hydrogen) atoms. The fraction of sp³-hybridized carbons (Fsp3) is 0.400. The molecular formula is C15H22N4. The first-order valence-electron chi connectivity index (χ1n) is 6.71. The second kappa shape index (κ2) is 7.07. The van der Waals surface area contributed by atoms with Gasteiger partial charge in [0.1, 0.15) is 0 Å². The van der Waals surface area contributed by atoms with Crippen LogP contribution in [0, 0.1) is 0 Å². The molecule has 0 bridgehead atoms. The molecule has 0 radical (unpaired) electrons. The van der Waals surface area contributed by atoms with Crippen LogP contribution in [0.2, 0.25) is 0 Å². The average molecular weight is 258 g/mol. The molecule has 0 atom stereocenters. The smallest absolute Gasteiger partial charge is 0.0645 e. The van der Waals surface area contributed by atoms with Crippen molar-refractivity contribution in [3.63, 3.8) is 0 Å². The Hall–Kier alpha value is -1.65. The van der Waals surface area contributed by atoms with Crippen LogP contribution in [0.3, 0.4) is 0 Å². The minimum Gasteiger partial charge on any atom is -0.320 e. The third-order valence-electron chi connectivity index (χ3n) is 3.12. The topological polar surface area (TPSA) is 33.1 Å². The van der Waals surface area contributed by atoms with Gasteiger partial charge >= 0.3 is 0 Å². The molecule has 2 rings (SSSR count). The maximum Gasteiger partial charge on any atom is 0.0645 e. The Labute approximate surface area is 115 Å². The highest BCUT2D eigenvalue weighted by Gasteiger charge is 2.01. The van der Waals surface area contributed by atoms with Gasteiger partial charge in [-0.3, -0.25) is 0 Å². The number of nitrogens with zero attached hydrogens (tertiary/aromatic N) is 3. The molecule has 2 aromatic rings. The monoisotopic (exact) mass is 258 g/mol. The molecule has 1 aromatic carbocycles. The van der Waals surface area contributed by atoms with Crippen molar-refractivity contribution in [2.45, 2.75) is 13.0 Å². The van der Waals surface area contributed by atoms with E-state index in [1.54, 1.807) is 6.20 Å². The summed E-state index contributed by atoms with van der Waals surface area (Å²) < 4.78 is 1.88. The minimum atomic E-state index is 0.989. The molecule has 4 nitrogen and oxygen atoms in total. The highest BCUT2D eigenvalue weighted by molar-refractivity contribution is 5.33. The standard InChI is InChI=1S/C15H22N4/c1-16-9-3-11-18(2)13-14-5-7-15(8-6-14)19-12-4-10-17-19/h4-8,10,12,16H,3,9,11,13H2,1-2H3. The summed E-state index contributed by atoms with van der Waals surface area (Å²) in [5.74, 6) is 0. The predicted octanol–water partition coefficient (Wildman–Crippen LogP) is 1.91. The minimum absolute atomic E-state index is 0.989. The first-order chi connectivity index (χ1) is 9.29. The lowest BCUT2D eigenvalue weighted by Gasteiger charge is -2.16. The number of rotatable bonds is 7. The van der Waals surface area contributed by atoms with Gasteiger partial charge in [-0.1, -0.05) is 12.1 Å². The van der Waals surface area contributed by atoms with Gasteiger partial charge in [0.25, 0.3) is 0 Å². The van der Waals surface area contributed by atoms with Gasteiger partial charge in [0.15, 0.2) is 0 Å². The molecule has 0 saturated carbocycles. The van der Waals surface area contributed by atoms with Gasteiger partial charge in [0.2, 0.25) is 0 Å². The fourth-order valence-corrected chi connectivity index (χ4v) is 2.09. The molecule has 0 aliphatic carbocycles. The van der Waals surface area contributed by atoms with Gasteiger partial charge in [0.05, 0.1) is 5.69 Å². The van der Waals surface area contributed by atoms with Crippen molar-refractivity contribution in [3.8, 4) is 5.69 Å². The van der Waals surface area contributed by atoms with Crippen LogP contribution in [0.5, 0.6) is 0 Å². The molecular weight excluding hydrogens is 236 g/mol. The summed E-state index contributed by atoms with van der Waals surface area (Å²) in [5.41, 5.74) is 2.44. The lowest BCUT2D eigenvalue weighted by atomic mass is 10.2. The van der Waals surface area contributed by atoms with Crippen molar-refractivity contribution in [2.24, 2.45) is 0 Å². The number of hydrogen-bond donors (Lipinski definition) is 1. The second-order valence-electron chi connectivity index (χ2n) is 4.81. The highest BCUT2D eigenvalue weighted by atomic mass is 15.3. The van der Waals surface area contributed by atoms with Crippen molar-refractivity contribution in [3.05, 3.63) is 48.3 Å². The zero-order valence-corrected chi connectivity index (χ0v) is 11.7. The van der Waals surface area contributed by atoms with E-state index in [1.807, 2.05) is 24.0 Å². The van der Waals surface area contributed by atoms with Gasteiger partial charge in [-0.2, -0.15) is 5.10 Å². The van der Waals surface area contributed by atoms with Crippen molar-refractivity contribution >= 4 is 0 Å². The maximum absolute atomic E-state index is 4.23. The molecule has 0 aliphatic heterocycles. The second-order valence-corrected chi connectivity index (χ2v) is 4.81. The Balaban J connectivity index is 1.88. The third-order valence-corrected chi connectivity index (χ3v) is 3.12. The number of aromatic nitrogens is 2. The van der Waals surface area contributed by atoms with E-state index in [4.69, 9.17) is 0 Å². The zero-order chi connectivity index (χ0) is 13.5. The fourth-order valence-electron chi connectivity index (χ4n) is 2.09. The lowest BCUT2D eigenvalue weighted by Crippen LogP contribution is -2.22. The summed E-state index contributed by atoms with van der Waals surface area (Å²) in [5, 5.41) is 7.40. The van der Waals surface area contributed by atoms with E-state index in [2.05, 4.69) is 46.6 Å². The van der Waals surface area contributed by atoms with E-state index in [0.717, 1.165) is 25.3 Å². The van der Waals surface area contributed by atoms with Crippen LogP contribution in [-0.4, -0.2) is 41.9 Å². The number of hydrogen-bond acceptors (Lipinski definition) is 3. The van der Waals surface area contributed by atoms with E-state index < -0.39 is 0 Å². The summed E-state index contributed by atoms with van der Waals surface area (Å²) >= 11 is 0. The highest BCUT2D eigenvalue weighted by Crippen LogP contribution is 2.10. The van der Waals surface area contributed by atoms with Gasteiger partial charge in [0, 0.05) is 18.9 Å². The normalized spacial score (nSPS) is 11.1. The van der Waals surface area contributed by atoms with Crippen molar-refractivity contribution < 1.29 is 0 Å². The van der Waals surface area contributed by atoms with Crippen molar-refractivity contribution in [1.29, 1.82) is 0 Å². The molecule has 0 fully saturated rings. The van der Waals surface area contributed by atoms with E-state index in [1.165, 1.54) is 12.0 Å². The summed E-state index contributed by atoms with van der Waals surface area (Å²) in [4.78, 5) is 2.35. The molecule has 0 amide bonds. The van der Waals surface area contributed by atoms with Crippen LogP contribution in [0.25, 0.3) is 5.69 Å². The zero-order valence-electron chi connectivity index (χ0n) is 11.7. The van der Waals surface area contributed by atoms with Crippen molar-refractivity contribution in [1.82, 2.24) is 20.0 Å². The molecule has 0 aliphatic rings. The Morgan fingerprint density at radius 3 is 2.68 bits per heavy atom. The van der Waals surface area contributed by atoms with Crippen LogP contribution >= 0.6 is 0 Å². The summed E-state index contributed by atoms with van der Waals surface area (Å²) in [6.07, 6.45) is 4.93. The number of nitrogens with one attached hydrogen (secondary N) is 1. The summed E-state index contributed by atoms with van der Waals surface area (Å²) in [6, 6.07) is 10.5. The van der Waals surface area contributed by atoms with E-state index in [0.29, 0.717) is 0 Å². The van der Waals surface area contributed by atoms with Gasteiger partial charge in [-0.25, -0.2) is 4.68 Å². The van der Waals surface area contributed by atoms with Crippen LogP contribution in [-0.2, 0) is 6.54 Å². The predicted molar refractivity (Wildman–Crippen MR) is 78.4 cm³/mol. The first kappa shape index (κ1) is 13.8. The van der Waals surface area contributed by atoms with E-state index >= 15 is 0 Å². The molecule has 0 spiro atoms. The SMILES string of the molecule is CNCCCN(C)Cc1ccc(-n2cccn2)cc1. The molecule has 1 N–H and O–H groups in total. The maximum atomic E-state index is 4.23. The largest absolute Gasteiger partial charge is 0.320 e. The van der Waals surface area contributed by atoms with Crippen LogP contribution in [0.1, 0.15) is 12.0 Å². The molecule has 102 valence electrons. The lowest BCUT2D eigenvalue weighted by molar-refractivity contribution is 0.321. The van der Waals surface area contributed by atoms with Crippen LogP contribution in [0.4, 0.5) is 0 Å².